The third kappa shape index (κ3) is 7.08. The smallest absolute Gasteiger partial charge is 0.314 e. The highest BCUT2D eigenvalue weighted by molar-refractivity contribution is 6.41. The number of Topliss-reactive ketones (excluding diaryl/α,β-unsaturated/α-hetero) is 1. The zero-order valence-corrected chi connectivity index (χ0v) is 24.8. The number of urea groups is 1. The monoisotopic (exact) mass is 607 g/mol. The SMILES string of the molecule is O=C(NCC1CCc2ccccc21)NC[C@H](CCC(=O)c1c(Cl)ccc(NC2CCc3ccccc3C2)c1Cl)C(=O)O. The van der Waals surface area contributed by atoms with Gasteiger partial charge in [0.1, 0.15) is 0 Å². The van der Waals surface area contributed by atoms with Gasteiger partial charge in [-0.15, -0.1) is 0 Å². The van der Waals surface area contributed by atoms with Crippen LogP contribution in [0.3, 0.4) is 0 Å². The quantitative estimate of drug-likeness (QED) is 0.182. The van der Waals surface area contributed by atoms with Gasteiger partial charge in [0, 0.05) is 31.5 Å². The molecule has 4 N–H and O–H groups in total. The largest absolute Gasteiger partial charge is 0.481 e. The fourth-order valence-corrected chi connectivity index (χ4v) is 6.69. The van der Waals surface area contributed by atoms with Gasteiger partial charge in [-0.3, -0.25) is 9.59 Å². The standard InChI is InChI=1S/C33H35Cl2N3O4/c34-27-14-15-28(38-25-13-11-20-5-1-2-7-22(20)17-25)31(35)30(27)29(39)16-12-24(32(40)41)19-37-33(42)36-18-23-10-9-21-6-3-4-8-26(21)23/h1-8,14-15,23-25,38H,9-13,16-19H2,(H,40,41)(H2,36,37,42)/t23?,24-,25?/m0/s1. The van der Waals surface area contributed by atoms with Gasteiger partial charge < -0.3 is 21.1 Å². The summed E-state index contributed by atoms with van der Waals surface area (Å²) in [6, 6.07) is 19.7. The summed E-state index contributed by atoms with van der Waals surface area (Å²) in [5.41, 5.74) is 6.03. The Balaban J connectivity index is 1.13. The highest BCUT2D eigenvalue weighted by Gasteiger charge is 2.26. The van der Waals surface area contributed by atoms with Crippen LogP contribution in [0.2, 0.25) is 10.0 Å². The minimum atomic E-state index is -1.09. The van der Waals surface area contributed by atoms with Crippen molar-refractivity contribution in [1.29, 1.82) is 0 Å². The van der Waals surface area contributed by atoms with E-state index in [-0.39, 0.29) is 52.7 Å². The number of ketones is 1. The Morgan fingerprint density at radius 3 is 2.38 bits per heavy atom. The average Bonchev–Trinajstić information content (AvgIpc) is 3.40. The molecule has 2 unspecified atom stereocenters. The molecule has 0 aliphatic heterocycles. The summed E-state index contributed by atoms with van der Waals surface area (Å²) in [7, 11) is 0. The number of nitrogens with one attached hydrogen (secondary N) is 3. The molecule has 0 saturated carbocycles. The third-order valence-electron chi connectivity index (χ3n) is 8.42. The van der Waals surface area contributed by atoms with E-state index in [2.05, 4.69) is 46.3 Å². The van der Waals surface area contributed by atoms with Gasteiger partial charge in [-0.1, -0.05) is 71.7 Å². The first-order valence-corrected chi connectivity index (χ1v) is 15.2. The topological polar surface area (TPSA) is 108 Å². The molecule has 2 aliphatic rings. The van der Waals surface area contributed by atoms with Crippen molar-refractivity contribution < 1.29 is 19.5 Å². The minimum absolute atomic E-state index is 0.0359. The van der Waals surface area contributed by atoms with Gasteiger partial charge in [0.05, 0.1) is 27.2 Å². The van der Waals surface area contributed by atoms with Crippen molar-refractivity contribution in [3.05, 3.63) is 98.5 Å². The van der Waals surface area contributed by atoms with E-state index in [1.165, 1.54) is 22.3 Å². The van der Waals surface area contributed by atoms with Crippen molar-refractivity contribution in [1.82, 2.24) is 10.6 Å². The summed E-state index contributed by atoms with van der Waals surface area (Å²) in [5, 5.41) is 19.2. The van der Waals surface area contributed by atoms with Gasteiger partial charge >= 0.3 is 12.0 Å². The number of carbonyl (C=O) groups excluding carboxylic acids is 2. The number of rotatable bonds is 11. The van der Waals surface area contributed by atoms with Crippen molar-refractivity contribution in [3.63, 3.8) is 0 Å². The second kappa shape index (κ2) is 13.6. The summed E-state index contributed by atoms with van der Waals surface area (Å²) in [4.78, 5) is 37.6. The number of hydrogen-bond acceptors (Lipinski definition) is 4. The molecule has 2 amide bonds. The molecule has 0 spiro atoms. The molecule has 3 aromatic carbocycles. The van der Waals surface area contributed by atoms with E-state index in [0.29, 0.717) is 12.2 Å². The molecule has 7 nitrogen and oxygen atoms in total. The van der Waals surface area contributed by atoms with Crippen LogP contribution in [0, 0.1) is 5.92 Å². The van der Waals surface area contributed by atoms with Crippen LogP contribution >= 0.6 is 23.2 Å². The molecule has 42 heavy (non-hydrogen) atoms. The molecule has 5 rings (SSSR count). The van der Waals surface area contributed by atoms with E-state index in [9.17, 15) is 19.5 Å². The van der Waals surface area contributed by atoms with Crippen LogP contribution in [0.4, 0.5) is 10.5 Å². The lowest BCUT2D eigenvalue weighted by Crippen LogP contribution is -2.41. The van der Waals surface area contributed by atoms with E-state index in [1.54, 1.807) is 12.1 Å². The summed E-state index contributed by atoms with van der Waals surface area (Å²) in [6.45, 7) is 0.385. The number of carbonyl (C=O) groups is 3. The Kier molecular flexibility index (Phi) is 9.70. The number of amides is 2. The number of aliphatic carboxylic acids is 1. The van der Waals surface area contributed by atoms with Crippen LogP contribution in [0.5, 0.6) is 0 Å². The number of aryl methyl sites for hydroxylation is 2. The molecule has 0 radical (unpaired) electrons. The molecule has 0 fully saturated rings. The van der Waals surface area contributed by atoms with Gasteiger partial charge in [-0.25, -0.2) is 4.79 Å². The van der Waals surface area contributed by atoms with E-state index in [1.807, 2.05) is 18.2 Å². The van der Waals surface area contributed by atoms with Crippen molar-refractivity contribution in [3.8, 4) is 0 Å². The van der Waals surface area contributed by atoms with Crippen LogP contribution in [-0.4, -0.2) is 42.0 Å². The number of benzene rings is 3. The summed E-state index contributed by atoms with van der Waals surface area (Å²) < 4.78 is 0. The zero-order chi connectivity index (χ0) is 29.6. The Hall–Kier alpha value is -3.55. The number of carboxylic acids is 1. The van der Waals surface area contributed by atoms with Gasteiger partial charge in [0.2, 0.25) is 0 Å². The fraction of sp³-hybridized carbons (Fsp3) is 0.364. The lowest BCUT2D eigenvalue weighted by atomic mass is 9.88. The minimum Gasteiger partial charge on any atom is -0.481 e. The second-order valence-corrected chi connectivity index (χ2v) is 11.9. The number of anilines is 1. The molecule has 2 aliphatic carbocycles. The van der Waals surface area contributed by atoms with Crippen LogP contribution < -0.4 is 16.0 Å². The third-order valence-corrected chi connectivity index (χ3v) is 9.13. The van der Waals surface area contributed by atoms with E-state index in [0.717, 1.165) is 32.1 Å². The van der Waals surface area contributed by atoms with E-state index in [4.69, 9.17) is 23.2 Å². The number of halogens is 2. The Morgan fingerprint density at radius 2 is 1.60 bits per heavy atom. The molecule has 3 atom stereocenters. The molecular weight excluding hydrogens is 573 g/mol. The lowest BCUT2D eigenvalue weighted by molar-refractivity contribution is -0.141. The van der Waals surface area contributed by atoms with Gasteiger partial charge in [-0.05, 0) is 72.9 Å². The first kappa shape index (κ1) is 29.9. The van der Waals surface area contributed by atoms with Crippen molar-refractivity contribution in [2.75, 3.05) is 18.4 Å². The van der Waals surface area contributed by atoms with Crippen molar-refractivity contribution in [2.45, 2.75) is 56.9 Å². The van der Waals surface area contributed by atoms with Crippen LogP contribution in [0.1, 0.15) is 64.2 Å². The maximum absolute atomic E-state index is 13.2. The molecule has 0 heterocycles. The molecular formula is C33H35Cl2N3O4. The average molecular weight is 609 g/mol. The predicted octanol–water partition coefficient (Wildman–Crippen LogP) is 6.66. The number of hydrogen-bond donors (Lipinski definition) is 4. The fourth-order valence-electron chi connectivity index (χ4n) is 6.06. The molecule has 3 aromatic rings. The molecule has 0 saturated heterocycles. The predicted molar refractivity (Wildman–Crippen MR) is 166 cm³/mol. The molecule has 9 heteroatoms. The normalized spacial score (nSPS) is 18.0. The zero-order valence-electron chi connectivity index (χ0n) is 23.3. The van der Waals surface area contributed by atoms with Crippen LogP contribution in [0.15, 0.2) is 60.7 Å². The second-order valence-electron chi connectivity index (χ2n) is 11.2. The summed E-state index contributed by atoms with van der Waals surface area (Å²) >= 11 is 13.1. The number of carboxylic acid groups (broad SMARTS) is 1. The van der Waals surface area contributed by atoms with Crippen molar-refractivity contribution in [2.24, 2.45) is 5.92 Å². The van der Waals surface area contributed by atoms with Crippen molar-refractivity contribution >= 4 is 46.7 Å². The van der Waals surface area contributed by atoms with E-state index >= 15 is 0 Å². The summed E-state index contributed by atoms with van der Waals surface area (Å²) in [5.74, 6) is -2.11. The first-order chi connectivity index (χ1) is 20.3. The molecule has 0 aromatic heterocycles. The van der Waals surface area contributed by atoms with Crippen LogP contribution in [-0.2, 0) is 24.1 Å². The van der Waals surface area contributed by atoms with Crippen LogP contribution in [0.25, 0.3) is 0 Å². The van der Waals surface area contributed by atoms with E-state index < -0.39 is 17.9 Å². The highest BCUT2D eigenvalue weighted by atomic mass is 35.5. The van der Waals surface area contributed by atoms with Gasteiger partial charge in [-0.2, -0.15) is 0 Å². The summed E-state index contributed by atoms with van der Waals surface area (Å²) in [6.07, 6.45) is 4.67. The Bertz CT molecular complexity index is 1480. The maximum atomic E-state index is 13.2. The highest BCUT2D eigenvalue weighted by Crippen LogP contribution is 2.35. The first-order valence-electron chi connectivity index (χ1n) is 14.5. The van der Waals surface area contributed by atoms with Gasteiger partial charge in [0.15, 0.2) is 5.78 Å². The lowest BCUT2D eigenvalue weighted by Gasteiger charge is -2.27. The number of fused-ring (bicyclic) bond motifs is 2. The molecule has 0 bridgehead atoms. The molecule has 220 valence electrons. The van der Waals surface area contributed by atoms with Gasteiger partial charge in [0.25, 0.3) is 0 Å². The Labute approximate surface area is 256 Å². The Morgan fingerprint density at radius 1 is 0.881 bits per heavy atom. The maximum Gasteiger partial charge on any atom is 0.314 e.